The molecule has 0 amide bonds. The van der Waals surface area contributed by atoms with Crippen molar-refractivity contribution in [2.24, 2.45) is 0 Å². The summed E-state index contributed by atoms with van der Waals surface area (Å²) in [5, 5.41) is 0. The predicted molar refractivity (Wildman–Crippen MR) is 82.0 cm³/mol. The van der Waals surface area contributed by atoms with E-state index in [4.69, 9.17) is 4.74 Å². The summed E-state index contributed by atoms with van der Waals surface area (Å²) in [5.41, 5.74) is -0.608. The van der Waals surface area contributed by atoms with E-state index in [0.29, 0.717) is 25.9 Å². The molecule has 6 nitrogen and oxygen atoms in total. The molecule has 1 saturated heterocycles. The Morgan fingerprint density at radius 3 is 2.52 bits per heavy atom. The maximum absolute atomic E-state index is 12.6. The van der Waals surface area contributed by atoms with Crippen molar-refractivity contribution in [3.8, 4) is 0 Å². The van der Waals surface area contributed by atoms with E-state index >= 15 is 0 Å². The Morgan fingerprint density at radius 1 is 1.38 bits per heavy atom. The normalized spacial score (nSPS) is 21.0. The summed E-state index contributed by atoms with van der Waals surface area (Å²) >= 11 is 0. The highest BCUT2D eigenvalue weighted by atomic mass is 32.2. The molecule has 1 aliphatic heterocycles. The molecule has 1 heterocycles. The van der Waals surface area contributed by atoms with Crippen LogP contribution in [0.2, 0.25) is 0 Å². The van der Waals surface area contributed by atoms with E-state index in [1.54, 1.807) is 27.8 Å². The lowest BCUT2D eigenvalue weighted by Crippen LogP contribution is -2.48. The summed E-state index contributed by atoms with van der Waals surface area (Å²) in [6.07, 6.45) is 2.94. The third-order valence-electron chi connectivity index (χ3n) is 3.40. The first-order valence-electron chi connectivity index (χ1n) is 7.55. The number of rotatable bonds is 6. The number of hydrogen-bond acceptors (Lipinski definition) is 4. The molecule has 0 N–H and O–H groups in total. The summed E-state index contributed by atoms with van der Waals surface area (Å²) < 4.78 is 33.1. The van der Waals surface area contributed by atoms with Crippen LogP contribution in [-0.2, 0) is 19.7 Å². The number of nitrogens with zero attached hydrogens (tertiary/aromatic N) is 2. The van der Waals surface area contributed by atoms with Crippen molar-refractivity contribution < 1.29 is 17.9 Å². The SMILES string of the molecule is CCCCN(C)S(=O)(=O)N1CCC[C@H]1C(=O)OC(C)(C)C. The molecule has 0 radical (unpaired) electrons. The summed E-state index contributed by atoms with van der Waals surface area (Å²) in [4.78, 5) is 12.2. The molecule has 1 aliphatic rings. The smallest absolute Gasteiger partial charge is 0.325 e. The summed E-state index contributed by atoms with van der Waals surface area (Å²) in [6.45, 7) is 8.21. The minimum atomic E-state index is -3.59. The monoisotopic (exact) mass is 320 g/mol. The number of carbonyl (C=O) groups excluding carboxylic acids is 1. The average molecular weight is 320 g/mol. The van der Waals surface area contributed by atoms with E-state index in [-0.39, 0.29) is 0 Å². The second kappa shape index (κ2) is 7.07. The minimum absolute atomic E-state index is 0.378. The van der Waals surface area contributed by atoms with Gasteiger partial charge in [0, 0.05) is 20.1 Å². The van der Waals surface area contributed by atoms with Crippen molar-refractivity contribution in [3.05, 3.63) is 0 Å². The maximum atomic E-state index is 12.6. The second-order valence-corrected chi connectivity index (χ2v) is 8.47. The fourth-order valence-corrected chi connectivity index (χ4v) is 3.89. The zero-order valence-electron chi connectivity index (χ0n) is 13.8. The van der Waals surface area contributed by atoms with Crippen LogP contribution in [-0.4, -0.2) is 54.8 Å². The molecule has 0 saturated carbocycles. The van der Waals surface area contributed by atoms with Gasteiger partial charge in [-0.3, -0.25) is 4.79 Å². The summed E-state index contributed by atoms with van der Waals surface area (Å²) in [6, 6.07) is -0.696. The quantitative estimate of drug-likeness (QED) is 0.700. The third-order valence-corrected chi connectivity index (χ3v) is 5.40. The average Bonchev–Trinajstić information content (AvgIpc) is 2.83. The van der Waals surface area contributed by atoms with Crippen molar-refractivity contribution >= 4 is 16.2 Å². The highest BCUT2D eigenvalue weighted by Crippen LogP contribution is 2.25. The van der Waals surface area contributed by atoms with Crippen LogP contribution in [0.3, 0.4) is 0 Å². The van der Waals surface area contributed by atoms with Gasteiger partial charge in [-0.1, -0.05) is 13.3 Å². The molecular weight excluding hydrogens is 292 g/mol. The standard InChI is InChI=1S/C14H28N2O4S/c1-6-7-10-15(5)21(18,19)16-11-8-9-12(16)13(17)20-14(2,3)4/h12H,6-11H2,1-5H3/t12-/m0/s1. The molecular formula is C14H28N2O4S. The lowest BCUT2D eigenvalue weighted by molar-refractivity contribution is -0.158. The molecule has 21 heavy (non-hydrogen) atoms. The second-order valence-electron chi connectivity index (χ2n) is 6.49. The summed E-state index contributed by atoms with van der Waals surface area (Å²) in [5.74, 6) is -0.451. The Hall–Kier alpha value is -0.660. The van der Waals surface area contributed by atoms with Crippen LogP contribution in [0.4, 0.5) is 0 Å². The molecule has 1 fully saturated rings. The molecule has 0 spiro atoms. The van der Waals surface area contributed by atoms with Crippen LogP contribution in [0, 0.1) is 0 Å². The topological polar surface area (TPSA) is 66.9 Å². The first kappa shape index (κ1) is 18.4. The molecule has 0 aromatic carbocycles. The third kappa shape index (κ3) is 4.93. The van der Waals surface area contributed by atoms with E-state index in [9.17, 15) is 13.2 Å². The van der Waals surface area contributed by atoms with Gasteiger partial charge in [-0.25, -0.2) is 0 Å². The van der Waals surface area contributed by atoms with E-state index in [0.717, 1.165) is 12.8 Å². The van der Waals surface area contributed by atoms with Crippen LogP contribution in [0.5, 0.6) is 0 Å². The van der Waals surface area contributed by atoms with Gasteiger partial charge in [-0.15, -0.1) is 0 Å². The van der Waals surface area contributed by atoms with Crippen molar-refractivity contribution in [2.75, 3.05) is 20.1 Å². The number of ether oxygens (including phenoxy) is 1. The van der Waals surface area contributed by atoms with Crippen LogP contribution in [0.25, 0.3) is 0 Å². The van der Waals surface area contributed by atoms with Crippen molar-refractivity contribution in [1.82, 2.24) is 8.61 Å². The van der Waals surface area contributed by atoms with E-state index < -0.39 is 27.8 Å². The Bertz CT molecular complexity index is 456. The molecule has 7 heteroatoms. The van der Waals surface area contributed by atoms with Gasteiger partial charge in [-0.2, -0.15) is 17.0 Å². The predicted octanol–water partition coefficient (Wildman–Crippen LogP) is 1.77. The number of unbranched alkanes of at least 4 members (excludes halogenated alkanes) is 1. The molecule has 0 aromatic rings. The largest absolute Gasteiger partial charge is 0.459 e. The maximum Gasteiger partial charge on any atom is 0.325 e. The Morgan fingerprint density at radius 2 is 2.00 bits per heavy atom. The van der Waals surface area contributed by atoms with Gasteiger partial charge in [0.05, 0.1) is 0 Å². The summed E-state index contributed by atoms with van der Waals surface area (Å²) in [7, 11) is -2.03. The van der Waals surface area contributed by atoms with E-state index in [1.807, 2.05) is 6.92 Å². The molecule has 0 aliphatic carbocycles. The fourth-order valence-electron chi connectivity index (χ4n) is 2.30. The zero-order valence-corrected chi connectivity index (χ0v) is 14.6. The van der Waals surface area contributed by atoms with E-state index in [1.165, 1.54) is 8.61 Å². The molecule has 1 atom stereocenters. The number of esters is 1. The van der Waals surface area contributed by atoms with Gasteiger partial charge in [0.25, 0.3) is 10.2 Å². The molecule has 124 valence electrons. The lowest BCUT2D eigenvalue weighted by Gasteiger charge is -2.29. The number of carbonyl (C=O) groups is 1. The molecule has 1 rings (SSSR count). The van der Waals surface area contributed by atoms with Gasteiger partial charge in [0.1, 0.15) is 11.6 Å². The molecule has 0 aromatic heterocycles. The highest BCUT2D eigenvalue weighted by molar-refractivity contribution is 7.86. The Balaban J connectivity index is 2.83. The van der Waals surface area contributed by atoms with Crippen molar-refractivity contribution in [3.63, 3.8) is 0 Å². The van der Waals surface area contributed by atoms with Crippen LogP contribution in [0.15, 0.2) is 0 Å². The van der Waals surface area contributed by atoms with Gasteiger partial charge in [0.15, 0.2) is 0 Å². The van der Waals surface area contributed by atoms with Crippen LogP contribution >= 0.6 is 0 Å². The zero-order chi connectivity index (χ0) is 16.3. The first-order chi connectivity index (χ1) is 9.59. The van der Waals surface area contributed by atoms with Gasteiger partial charge < -0.3 is 4.74 Å². The fraction of sp³-hybridized carbons (Fsp3) is 0.929. The first-order valence-corrected chi connectivity index (χ1v) is 8.95. The van der Waals surface area contributed by atoms with Crippen LogP contribution < -0.4 is 0 Å². The molecule has 0 unspecified atom stereocenters. The van der Waals surface area contributed by atoms with E-state index in [2.05, 4.69) is 0 Å². The highest BCUT2D eigenvalue weighted by Gasteiger charge is 2.42. The Kier molecular flexibility index (Phi) is 6.19. The lowest BCUT2D eigenvalue weighted by atomic mass is 10.2. The minimum Gasteiger partial charge on any atom is -0.459 e. The van der Waals surface area contributed by atoms with Gasteiger partial charge >= 0.3 is 5.97 Å². The van der Waals surface area contributed by atoms with Crippen LogP contribution in [0.1, 0.15) is 53.4 Å². The van der Waals surface area contributed by atoms with Gasteiger partial charge in [-0.05, 0) is 40.0 Å². The number of hydrogen-bond donors (Lipinski definition) is 0. The Labute approximate surface area is 128 Å². The van der Waals surface area contributed by atoms with Crippen molar-refractivity contribution in [2.45, 2.75) is 65.0 Å². The van der Waals surface area contributed by atoms with Crippen molar-refractivity contribution in [1.29, 1.82) is 0 Å². The molecule has 0 bridgehead atoms. The van der Waals surface area contributed by atoms with Gasteiger partial charge in [0.2, 0.25) is 0 Å².